The Kier molecular flexibility index (Phi) is 8.80. The van der Waals surface area contributed by atoms with E-state index in [4.69, 9.17) is 9.72 Å². The van der Waals surface area contributed by atoms with Gasteiger partial charge in [-0.15, -0.1) is 0 Å². The van der Waals surface area contributed by atoms with Gasteiger partial charge in [-0.05, 0) is 67.3 Å². The van der Waals surface area contributed by atoms with Crippen LogP contribution in [0.1, 0.15) is 31.7 Å². The number of amides is 1. The first-order chi connectivity index (χ1) is 16.5. The number of halogens is 1. The molecule has 0 bridgehead atoms. The molecule has 0 spiro atoms. The second kappa shape index (κ2) is 12.0. The van der Waals surface area contributed by atoms with E-state index < -0.39 is 0 Å². The van der Waals surface area contributed by atoms with Crippen molar-refractivity contribution in [3.8, 4) is 5.75 Å². The lowest BCUT2D eigenvalue weighted by atomic mass is 9.96. The molecule has 0 saturated carbocycles. The molecule has 2 aromatic carbocycles. The van der Waals surface area contributed by atoms with Crippen LogP contribution in [0.2, 0.25) is 0 Å². The molecule has 0 unspecified atom stereocenters. The van der Waals surface area contributed by atoms with Crippen LogP contribution in [0, 0.1) is 5.92 Å². The second-order valence-corrected chi connectivity index (χ2v) is 10.7. The molecule has 1 fully saturated rings. The zero-order valence-electron chi connectivity index (χ0n) is 19.9. The molecule has 34 heavy (non-hydrogen) atoms. The summed E-state index contributed by atoms with van der Waals surface area (Å²) in [6.07, 6.45) is 2.69. The van der Waals surface area contributed by atoms with Gasteiger partial charge >= 0.3 is 0 Å². The van der Waals surface area contributed by atoms with Gasteiger partial charge in [-0.3, -0.25) is 4.79 Å². The average Bonchev–Trinajstić information content (AvgIpc) is 3.25. The van der Waals surface area contributed by atoms with E-state index in [9.17, 15) is 4.79 Å². The Morgan fingerprint density at radius 1 is 1.26 bits per heavy atom. The van der Waals surface area contributed by atoms with Gasteiger partial charge in [0.15, 0.2) is 5.13 Å². The number of ether oxygens (including phenoxy) is 1. The van der Waals surface area contributed by atoms with Crippen LogP contribution in [0.5, 0.6) is 5.75 Å². The molecule has 8 heteroatoms. The van der Waals surface area contributed by atoms with E-state index >= 15 is 0 Å². The van der Waals surface area contributed by atoms with Crippen LogP contribution < -0.4 is 15.0 Å². The third kappa shape index (κ3) is 6.49. The van der Waals surface area contributed by atoms with Crippen molar-refractivity contribution in [2.24, 2.45) is 5.92 Å². The molecule has 1 amide bonds. The Morgan fingerprint density at radius 3 is 2.76 bits per heavy atom. The van der Waals surface area contributed by atoms with Crippen LogP contribution >= 0.6 is 27.3 Å². The van der Waals surface area contributed by atoms with E-state index in [0.717, 1.165) is 77.6 Å². The van der Waals surface area contributed by atoms with Crippen molar-refractivity contribution in [2.45, 2.75) is 32.7 Å². The number of nitrogens with one attached hydrogen (secondary N) is 1. The Hall–Kier alpha value is -2.16. The number of thiazole rings is 1. The number of anilines is 1. The minimum absolute atomic E-state index is 0.0892. The van der Waals surface area contributed by atoms with Crippen LogP contribution in [0.25, 0.3) is 10.2 Å². The van der Waals surface area contributed by atoms with Gasteiger partial charge in [0.05, 0.1) is 21.3 Å². The van der Waals surface area contributed by atoms with Gasteiger partial charge in [-0.2, -0.15) is 0 Å². The Morgan fingerprint density at radius 2 is 2.03 bits per heavy atom. The number of piperidine rings is 1. The van der Waals surface area contributed by atoms with Crippen molar-refractivity contribution in [2.75, 3.05) is 44.7 Å². The Labute approximate surface area is 214 Å². The van der Waals surface area contributed by atoms with E-state index in [1.807, 2.05) is 19.1 Å². The van der Waals surface area contributed by atoms with Gasteiger partial charge in [-0.1, -0.05) is 41.7 Å². The minimum atomic E-state index is 0.0892. The standard InChI is InChI=1S/C26H33BrN4O2S/c1-3-33-23-17-24-22(16-21(23)27)29-26(34-24)31-14-10-20(11-15-31)25(32)28-12-7-13-30(2)18-19-8-5-4-6-9-19/h4-6,8-9,16-17,20H,3,7,10-15,18H2,1-2H3,(H,28,32). The number of carbonyl (C=O) groups excluding carboxylic acids is 1. The highest BCUT2D eigenvalue weighted by atomic mass is 79.9. The maximum Gasteiger partial charge on any atom is 0.223 e. The van der Waals surface area contributed by atoms with Gasteiger partial charge in [-0.25, -0.2) is 4.98 Å². The summed E-state index contributed by atoms with van der Waals surface area (Å²) < 4.78 is 7.75. The van der Waals surface area contributed by atoms with Gasteiger partial charge in [0.2, 0.25) is 5.91 Å². The monoisotopic (exact) mass is 544 g/mol. The maximum absolute atomic E-state index is 12.7. The second-order valence-electron chi connectivity index (χ2n) is 8.81. The van der Waals surface area contributed by atoms with Crippen molar-refractivity contribution in [3.63, 3.8) is 0 Å². The van der Waals surface area contributed by atoms with E-state index in [2.05, 4.69) is 68.4 Å². The first-order valence-electron chi connectivity index (χ1n) is 12.0. The smallest absolute Gasteiger partial charge is 0.223 e. The fraction of sp³-hybridized carbons (Fsp3) is 0.462. The molecule has 0 radical (unpaired) electrons. The Bertz CT molecular complexity index is 1080. The molecule has 4 rings (SSSR count). The number of fused-ring (bicyclic) bond motifs is 1. The molecule has 0 aliphatic carbocycles. The van der Waals surface area contributed by atoms with Gasteiger partial charge < -0.3 is 19.9 Å². The minimum Gasteiger partial charge on any atom is -0.493 e. The SMILES string of the molecule is CCOc1cc2sc(N3CCC(C(=O)NCCCN(C)Cc4ccccc4)CC3)nc2cc1Br. The number of benzene rings is 2. The lowest BCUT2D eigenvalue weighted by Crippen LogP contribution is -2.41. The number of rotatable bonds is 10. The highest BCUT2D eigenvalue weighted by molar-refractivity contribution is 9.10. The molecule has 0 atom stereocenters. The lowest BCUT2D eigenvalue weighted by Gasteiger charge is -2.31. The Balaban J connectivity index is 1.20. The topological polar surface area (TPSA) is 57.7 Å². The summed E-state index contributed by atoms with van der Waals surface area (Å²) in [7, 11) is 2.13. The fourth-order valence-electron chi connectivity index (χ4n) is 4.33. The normalized spacial score (nSPS) is 14.6. The van der Waals surface area contributed by atoms with E-state index in [-0.39, 0.29) is 11.8 Å². The number of carbonyl (C=O) groups is 1. The summed E-state index contributed by atoms with van der Waals surface area (Å²) in [6, 6.07) is 14.6. The van der Waals surface area contributed by atoms with Crippen molar-refractivity contribution in [1.82, 2.24) is 15.2 Å². The largest absolute Gasteiger partial charge is 0.493 e. The van der Waals surface area contributed by atoms with E-state index in [1.54, 1.807) is 11.3 Å². The fourth-order valence-corrected chi connectivity index (χ4v) is 5.80. The maximum atomic E-state index is 12.7. The number of aromatic nitrogens is 1. The third-order valence-electron chi connectivity index (χ3n) is 6.18. The number of nitrogens with zero attached hydrogens (tertiary/aromatic N) is 3. The molecule has 1 aliphatic heterocycles. The van der Waals surface area contributed by atoms with Crippen LogP contribution in [0.3, 0.4) is 0 Å². The van der Waals surface area contributed by atoms with Crippen LogP contribution in [-0.2, 0) is 11.3 Å². The molecule has 1 N–H and O–H groups in total. The molecule has 2 heterocycles. The first-order valence-corrected chi connectivity index (χ1v) is 13.6. The zero-order chi connectivity index (χ0) is 23.9. The predicted octanol–water partition coefficient (Wildman–Crippen LogP) is 5.31. The highest BCUT2D eigenvalue weighted by Crippen LogP contribution is 2.37. The highest BCUT2D eigenvalue weighted by Gasteiger charge is 2.26. The van der Waals surface area contributed by atoms with Crippen molar-refractivity contribution >= 4 is 48.5 Å². The van der Waals surface area contributed by atoms with Crippen LogP contribution in [0.15, 0.2) is 46.9 Å². The van der Waals surface area contributed by atoms with Gasteiger partial charge in [0.25, 0.3) is 0 Å². The molecule has 1 aromatic heterocycles. The van der Waals surface area contributed by atoms with Crippen molar-refractivity contribution in [1.29, 1.82) is 0 Å². The summed E-state index contributed by atoms with van der Waals surface area (Å²) >= 11 is 5.27. The van der Waals surface area contributed by atoms with Gasteiger partial charge in [0.1, 0.15) is 5.75 Å². The molecule has 6 nitrogen and oxygen atoms in total. The van der Waals surface area contributed by atoms with E-state index in [0.29, 0.717) is 6.61 Å². The van der Waals surface area contributed by atoms with Crippen LogP contribution in [0.4, 0.5) is 5.13 Å². The molecule has 1 saturated heterocycles. The zero-order valence-corrected chi connectivity index (χ0v) is 22.3. The summed E-state index contributed by atoms with van der Waals surface area (Å²) in [5.74, 6) is 1.14. The number of hydrogen-bond acceptors (Lipinski definition) is 6. The molecule has 3 aromatic rings. The summed E-state index contributed by atoms with van der Waals surface area (Å²) in [5.41, 5.74) is 2.30. The van der Waals surface area contributed by atoms with Gasteiger partial charge in [0, 0.05) is 38.2 Å². The molecule has 182 valence electrons. The summed E-state index contributed by atoms with van der Waals surface area (Å²) in [6.45, 7) is 6.96. The predicted molar refractivity (Wildman–Crippen MR) is 144 cm³/mol. The van der Waals surface area contributed by atoms with Crippen molar-refractivity contribution in [3.05, 3.63) is 52.5 Å². The first kappa shape index (κ1) is 24.9. The summed E-state index contributed by atoms with van der Waals surface area (Å²) in [5, 5.41) is 4.18. The van der Waals surface area contributed by atoms with E-state index in [1.165, 1.54) is 5.56 Å². The molecular weight excluding hydrogens is 512 g/mol. The van der Waals surface area contributed by atoms with Crippen molar-refractivity contribution < 1.29 is 9.53 Å². The third-order valence-corrected chi connectivity index (χ3v) is 7.88. The molecular formula is C26H33BrN4O2S. The number of hydrogen-bond donors (Lipinski definition) is 1. The summed E-state index contributed by atoms with van der Waals surface area (Å²) in [4.78, 5) is 22.1. The average molecular weight is 546 g/mol. The lowest BCUT2D eigenvalue weighted by molar-refractivity contribution is -0.125. The van der Waals surface area contributed by atoms with Crippen LogP contribution in [-0.4, -0.2) is 55.6 Å². The molecule has 1 aliphatic rings. The quantitative estimate of drug-likeness (QED) is 0.350.